The first kappa shape index (κ1) is 17.0. The van der Waals surface area contributed by atoms with E-state index in [-0.39, 0.29) is 11.9 Å². The number of carbonyl (C=O) groups is 1. The number of amides is 1. The smallest absolute Gasteiger partial charge is 0.220 e. The predicted octanol–water partition coefficient (Wildman–Crippen LogP) is 3.11. The fourth-order valence-corrected chi connectivity index (χ4v) is 2.25. The first-order valence-electron chi connectivity index (χ1n) is 7.84. The minimum absolute atomic E-state index is 0.0431. The van der Waals surface area contributed by atoms with Gasteiger partial charge in [-0.3, -0.25) is 4.79 Å². The monoisotopic (exact) mass is 312 g/mol. The standard InChI is InChI=1S/C19H24N2O2/c1-14(20)3-12-19(22)21-13-15-4-6-16(7-5-15)17-8-10-18(23-2)11-9-17/h4-11,14H,3,12-13,20H2,1-2H3,(H,21,22). The van der Waals surface area contributed by atoms with Gasteiger partial charge in [-0.15, -0.1) is 0 Å². The van der Waals surface area contributed by atoms with Crippen molar-refractivity contribution in [2.45, 2.75) is 32.4 Å². The van der Waals surface area contributed by atoms with Crippen LogP contribution in [0.2, 0.25) is 0 Å². The molecular weight excluding hydrogens is 288 g/mol. The Morgan fingerprint density at radius 1 is 1.09 bits per heavy atom. The summed E-state index contributed by atoms with van der Waals surface area (Å²) in [5.74, 6) is 0.890. The van der Waals surface area contributed by atoms with Crippen molar-refractivity contribution in [2.75, 3.05) is 7.11 Å². The van der Waals surface area contributed by atoms with Crippen molar-refractivity contribution in [3.8, 4) is 16.9 Å². The van der Waals surface area contributed by atoms with Gasteiger partial charge >= 0.3 is 0 Å². The van der Waals surface area contributed by atoms with Gasteiger partial charge in [-0.25, -0.2) is 0 Å². The molecule has 1 amide bonds. The summed E-state index contributed by atoms with van der Waals surface area (Å²) in [6, 6.07) is 16.2. The van der Waals surface area contributed by atoms with E-state index < -0.39 is 0 Å². The largest absolute Gasteiger partial charge is 0.497 e. The molecule has 0 radical (unpaired) electrons. The third kappa shape index (κ3) is 5.42. The number of ether oxygens (including phenoxy) is 1. The number of carbonyl (C=O) groups excluding carboxylic acids is 1. The van der Waals surface area contributed by atoms with Crippen molar-refractivity contribution in [3.05, 3.63) is 54.1 Å². The molecule has 1 unspecified atom stereocenters. The van der Waals surface area contributed by atoms with Gasteiger partial charge in [0.2, 0.25) is 5.91 Å². The van der Waals surface area contributed by atoms with Gasteiger partial charge in [0.1, 0.15) is 5.75 Å². The number of hydrogen-bond donors (Lipinski definition) is 2. The molecule has 1 atom stereocenters. The molecule has 2 aromatic carbocycles. The van der Waals surface area contributed by atoms with Crippen LogP contribution in [-0.4, -0.2) is 19.1 Å². The van der Waals surface area contributed by atoms with Crippen molar-refractivity contribution in [1.29, 1.82) is 0 Å². The molecule has 0 saturated carbocycles. The lowest BCUT2D eigenvalue weighted by atomic mass is 10.0. The maximum atomic E-state index is 11.7. The second kappa shape index (κ2) is 8.34. The minimum Gasteiger partial charge on any atom is -0.497 e. The quantitative estimate of drug-likeness (QED) is 0.825. The Bertz CT molecular complexity index is 619. The molecule has 0 saturated heterocycles. The first-order chi connectivity index (χ1) is 11.1. The fourth-order valence-electron chi connectivity index (χ4n) is 2.25. The topological polar surface area (TPSA) is 64.3 Å². The Morgan fingerprint density at radius 3 is 2.17 bits per heavy atom. The molecule has 2 aromatic rings. The minimum atomic E-state index is 0.0431. The van der Waals surface area contributed by atoms with Gasteiger partial charge < -0.3 is 15.8 Å². The summed E-state index contributed by atoms with van der Waals surface area (Å²) in [4.78, 5) is 11.7. The molecule has 0 heterocycles. The highest BCUT2D eigenvalue weighted by Crippen LogP contribution is 2.22. The van der Waals surface area contributed by atoms with E-state index in [0.29, 0.717) is 19.4 Å². The lowest BCUT2D eigenvalue weighted by Crippen LogP contribution is -2.25. The van der Waals surface area contributed by atoms with E-state index in [4.69, 9.17) is 10.5 Å². The van der Waals surface area contributed by atoms with E-state index in [1.165, 1.54) is 0 Å². The highest BCUT2D eigenvalue weighted by atomic mass is 16.5. The van der Waals surface area contributed by atoms with E-state index in [9.17, 15) is 4.79 Å². The summed E-state index contributed by atoms with van der Waals surface area (Å²) in [6.45, 7) is 2.45. The van der Waals surface area contributed by atoms with Crippen LogP contribution in [0.4, 0.5) is 0 Å². The third-order valence-electron chi connectivity index (χ3n) is 3.69. The van der Waals surface area contributed by atoms with E-state index >= 15 is 0 Å². The van der Waals surface area contributed by atoms with Crippen LogP contribution >= 0.6 is 0 Å². The van der Waals surface area contributed by atoms with Crippen LogP contribution in [0, 0.1) is 0 Å². The molecular formula is C19H24N2O2. The number of benzene rings is 2. The molecule has 0 fully saturated rings. The molecule has 122 valence electrons. The predicted molar refractivity (Wildman–Crippen MR) is 93.2 cm³/mol. The molecule has 0 spiro atoms. The van der Waals surface area contributed by atoms with Crippen LogP contribution in [0.3, 0.4) is 0 Å². The molecule has 23 heavy (non-hydrogen) atoms. The Labute approximate surface area is 137 Å². The molecule has 0 bridgehead atoms. The van der Waals surface area contributed by atoms with Gasteiger partial charge in [0.15, 0.2) is 0 Å². The molecule has 0 aliphatic heterocycles. The number of nitrogens with one attached hydrogen (secondary N) is 1. The van der Waals surface area contributed by atoms with Gasteiger partial charge in [-0.05, 0) is 42.2 Å². The molecule has 0 aromatic heterocycles. The van der Waals surface area contributed by atoms with Crippen molar-refractivity contribution in [1.82, 2.24) is 5.32 Å². The molecule has 3 N–H and O–H groups in total. The zero-order valence-electron chi connectivity index (χ0n) is 13.7. The second-order valence-electron chi connectivity index (χ2n) is 5.72. The molecule has 2 rings (SSSR count). The van der Waals surface area contributed by atoms with Crippen LogP contribution in [0.15, 0.2) is 48.5 Å². The van der Waals surface area contributed by atoms with Crippen molar-refractivity contribution >= 4 is 5.91 Å². The summed E-state index contributed by atoms with van der Waals surface area (Å²) in [5.41, 5.74) is 9.01. The zero-order valence-corrected chi connectivity index (χ0v) is 13.7. The molecule has 0 aliphatic carbocycles. The molecule has 0 aliphatic rings. The molecule has 4 nitrogen and oxygen atoms in total. The summed E-state index contributed by atoms with van der Waals surface area (Å²) in [7, 11) is 1.66. The fraction of sp³-hybridized carbons (Fsp3) is 0.316. The first-order valence-corrected chi connectivity index (χ1v) is 7.84. The van der Waals surface area contributed by atoms with Crippen molar-refractivity contribution < 1.29 is 9.53 Å². The Balaban J connectivity index is 1.90. The van der Waals surface area contributed by atoms with Gasteiger partial charge in [-0.1, -0.05) is 36.4 Å². The summed E-state index contributed by atoms with van der Waals surface area (Å²) in [6.07, 6.45) is 1.18. The van der Waals surface area contributed by atoms with Crippen molar-refractivity contribution in [3.63, 3.8) is 0 Å². The van der Waals surface area contributed by atoms with Gasteiger partial charge in [0, 0.05) is 19.0 Å². The number of nitrogens with two attached hydrogens (primary N) is 1. The van der Waals surface area contributed by atoms with Crippen LogP contribution < -0.4 is 15.8 Å². The summed E-state index contributed by atoms with van der Waals surface area (Å²) in [5, 5.41) is 2.92. The Morgan fingerprint density at radius 2 is 1.65 bits per heavy atom. The lowest BCUT2D eigenvalue weighted by Gasteiger charge is -2.08. The van der Waals surface area contributed by atoms with Crippen LogP contribution in [0.1, 0.15) is 25.3 Å². The number of hydrogen-bond acceptors (Lipinski definition) is 3. The summed E-state index contributed by atoms with van der Waals surface area (Å²) < 4.78 is 5.17. The third-order valence-corrected chi connectivity index (χ3v) is 3.69. The van der Waals surface area contributed by atoms with E-state index in [0.717, 1.165) is 22.4 Å². The van der Waals surface area contributed by atoms with E-state index in [2.05, 4.69) is 17.4 Å². The normalized spacial score (nSPS) is 11.8. The van der Waals surface area contributed by atoms with Gasteiger partial charge in [0.05, 0.1) is 7.11 Å². The average Bonchev–Trinajstić information content (AvgIpc) is 2.58. The average molecular weight is 312 g/mol. The number of methoxy groups -OCH3 is 1. The Hall–Kier alpha value is -2.33. The van der Waals surface area contributed by atoms with Crippen LogP contribution in [0.25, 0.3) is 11.1 Å². The Kier molecular flexibility index (Phi) is 6.18. The van der Waals surface area contributed by atoms with Gasteiger partial charge in [0.25, 0.3) is 0 Å². The highest BCUT2D eigenvalue weighted by Gasteiger charge is 2.04. The van der Waals surface area contributed by atoms with Gasteiger partial charge in [-0.2, -0.15) is 0 Å². The highest BCUT2D eigenvalue weighted by molar-refractivity contribution is 5.75. The van der Waals surface area contributed by atoms with Crippen LogP contribution in [0.5, 0.6) is 5.75 Å². The zero-order chi connectivity index (χ0) is 16.7. The molecule has 4 heteroatoms. The van der Waals surface area contributed by atoms with Crippen LogP contribution in [-0.2, 0) is 11.3 Å². The SMILES string of the molecule is COc1ccc(-c2ccc(CNC(=O)CCC(C)N)cc2)cc1. The van der Waals surface area contributed by atoms with E-state index in [1.807, 2.05) is 43.3 Å². The lowest BCUT2D eigenvalue weighted by molar-refractivity contribution is -0.121. The van der Waals surface area contributed by atoms with Crippen molar-refractivity contribution in [2.24, 2.45) is 5.73 Å². The maximum absolute atomic E-state index is 11.7. The van der Waals surface area contributed by atoms with E-state index in [1.54, 1.807) is 7.11 Å². The number of rotatable bonds is 7. The maximum Gasteiger partial charge on any atom is 0.220 e. The second-order valence-corrected chi connectivity index (χ2v) is 5.72. The summed E-state index contributed by atoms with van der Waals surface area (Å²) >= 11 is 0.